The normalized spacial score (nSPS) is 10.3. The molecule has 2 aromatic rings. The summed E-state index contributed by atoms with van der Waals surface area (Å²) in [5.41, 5.74) is 4.93. The maximum absolute atomic E-state index is 10.9. The summed E-state index contributed by atoms with van der Waals surface area (Å²) in [5.74, 6) is -0.888. The Morgan fingerprint density at radius 1 is 1.50 bits per heavy atom. The zero-order chi connectivity index (χ0) is 13.1. The van der Waals surface area contributed by atoms with E-state index in [1.54, 1.807) is 17.4 Å². The number of rotatable bonds is 4. The zero-order valence-electron chi connectivity index (χ0n) is 10.3. The summed E-state index contributed by atoms with van der Waals surface area (Å²) in [6.45, 7) is 2.53. The lowest BCUT2D eigenvalue weighted by molar-refractivity contribution is 0.0696. The van der Waals surface area contributed by atoms with E-state index in [1.165, 1.54) is 0 Å². The standard InChI is InChI=1S/C13H14N2O2S/c1-9-5-11(3-4-12(9)13(16)17)15(2)6-10-7-18-8-14-10/h3-5,7-8H,6H2,1-2H3,(H,16,17). The molecule has 0 amide bonds. The van der Waals surface area contributed by atoms with Gasteiger partial charge in [-0.3, -0.25) is 0 Å². The predicted octanol–water partition coefficient (Wildman–Crippen LogP) is 2.79. The van der Waals surface area contributed by atoms with Gasteiger partial charge in [0.1, 0.15) is 0 Å². The summed E-state index contributed by atoms with van der Waals surface area (Å²) in [6.07, 6.45) is 0. The Labute approximate surface area is 110 Å². The monoisotopic (exact) mass is 262 g/mol. The SMILES string of the molecule is Cc1cc(N(C)Cc2cscn2)ccc1C(=O)O. The second kappa shape index (κ2) is 5.18. The molecule has 0 saturated carbocycles. The third-order valence-corrected chi connectivity index (χ3v) is 3.40. The third-order valence-electron chi connectivity index (χ3n) is 2.76. The molecule has 0 saturated heterocycles. The summed E-state index contributed by atoms with van der Waals surface area (Å²) in [7, 11) is 1.97. The summed E-state index contributed by atoms with van der Waals surface area (Å²) in [4.78, 5) is 17.2. The van der Waals surface area contributed by atoms with Gasteiger partial charge in [0.05, 0.1) is 23.3 Å². The molecule has 1 heterocycles. The molecule has 1 N–H and O–H groups in total. The maximum Gasteiger partial charge on any atom is 0.335 e. The van der Waals surface area contributed by atoms with E-state index in [4.69, 9.17) is 5.11 Å². The van der Waals surface area contributed by atoms with Crippen LogP contribution in [0.15, 0.2) is 29.1 Å². The van der Waals surface area contributed by atoms with Crippen LogP contribution >= 0.6 is 11.3 Å². The molecular weight excluding hydrogens is 248 g/mol. The van der Waals surface area contributed by atoms with Gasteiger partial charge in [-0.2, -0.15) is 0 Å². The van der Waals surface area contributed by atoms with Crippen molar-refractivity contribution >= 4 is 23.0 Å². The third kappa shape index (κ3) is 2.68. The fraction of sp³-hybridized carbons (Fsp3) is 0.231. The number of carboxylic acids is 1. The lowest BCUT2D eigenvalue weighted by Gasteiger charge is -2.19. The van der Waals surface area contributed by atoms with Gasteiger partial charge < -0.3 is 10.0 Å². The Bertz CT molecular complexity index is 552. The number of anilines is 1. The van der Waals surface area contributed by atoms with Crippen molar-refractivity contribution in [1.29, 1.82) is 0 Å². The van der Waals surface area contributed by atoms with Gasteiger partial charge in [0.2, 0.25) is 0 Å². The molecule has 4 nitrogen and oxygen atoms in total. The molecule has 0 spiro atoms. The van der Waals surface area contributed by atoms with E-state index in [-0.39, 0.29) is 0 Å². The van der Waals surface area contributed by atoms with Gasteiger partial charge in [-0.05, 0) is 30.7 Å². The molecule has 0 radical (unpaired) electrons. The molecule has 0 bridgehead atoms. The van der Waals surface area contributed by atoms with Crippen LogP contribution in [0.3, 0.4) is 0 Å². The molecule has 1 aromatic carbocycles. The van der Waals surface area contributed by atoms with Crippen LogP contribution in [0.4, 0.5) is 5.69 Å². The number of aromatic nitrogens is 1. The van der Waals surface area contributed by atoms with Crippen molar-refractivity contribution in [3.05, 3.63) is 45.9 Å². The number of benzene rings is 1. The fourth-order valence-electron chi connectivity index (χ4n) is 1.78. The van der Waals surface area contributed by atoms with Crippen molar-refractivity contribution in [3.63, 3.8) is 0 Å². The summed E-state index contributed by atoms with van der Waals surface area (Å²) in [6, 6.07) is 5.35. The first-order valence-corrected chi connectivity index (χ1v) is 6.44. The molecule has 0 aliphatic carbocycles. The Morgan fingerprint density at radius 3 is 2.83 bits per heavy atom. The highest BCUT2D eigenvalue weighted by Crippen LogP contribution is 2.20. The fourth-order valence-corrected chi connectivity index (χ4v) is 2.32. The van der Waals surface area contributed by atoms with Gasteiger partial charge in [0.25, 0.3) is 0 Å². The molecule has 0 aliphatic rings. The topological polar surface area (TPSA) is 53.4 Å². The molecule has 0 aliphatic heterocycles. The van der Waals surface area contributed by atoms with Gasteiger partial charge in [0, 0.05) is 18.1 Å². The average Bonchev–Trinajstić information content (AvgIpc) is 2.81. The number of aromatic carboxylic acids is 1. The first-order chi connectivity index (χ1) is 8.58. The lowest BCUT2D eigenvalue weighted by atomic mass is 10.1. The highest BCUT2D eigenvalue weighted by molar-refractivity contribution is 7.07. The van der Waals surface area contributed by atoms with Gasteiger partial charge in [-0.15, -0.1) is 11.3 Å². The number of carbonyl (C=O) groups is 1. The van der Waals surface area contributed by atoms with E-state index in [0.29, 0.717) is 5.56 Å². The minimum absolute atomic E-state index is 0.348. The average molecular weight is 262 g/mol. The van der Waals surface area contributed by atoms with Crippen molar-refractivity contribution in [2.24, 2.45) is 0 Å². The van der Waals surface area contributed by atoms with Gasteiger partial charge in [0.15, 0.2) is 0 Å². The summed E-state index contributed by atoms with van der Waals surface area (Å²) >= 11 is 1.57. The van der Waals surface area contributed by atoms with E-state index < -0.39 is 5.97 Å². The van der Waals surface area contributed by atoms with Crippen molar-refractivity contribution in [2.75, 3.05) is 11.9 Å². The van der Waals surface area contributed by atoms with Crippen molar-refractivity contribution < 1.29 is 9.90 Å². The van der Waals surface area contributed by atoms with Crippen molar-refractivity contribution in [1.82, 2.24) is 4.98 Å². The number of nitrogens with zero attached hydrogens (tertiary/aromatic N) is 2. The molecule has 0 fully saturated rings. The van der Waals surface area contributed by atoms with Crippen molar-refractivity contribution in [2.45, 2.75) is 13.5 Å². The number of hydrogen-bond acceptors (Lipinski definition) is 4. The van der Waals surface area contributed by atoms with Crippen LogP contribution in [0.2, 0.25) is 0 Å². The molecule has 94 valence electrons. The Morgan fingerprint density at radius 2 is 2.28 bits per heavy atom. The molecule has 18 heavy (non-hydrogen) atoms. The van der Waals surface area contributed by atoms with E-state index in [9.17, 15) is 4.79 Å². The second-order valence-corrected chi connectivity index (χ2v) is 4.86. The van der Waals surface area contributed by atoms with Crippen LogP contribution in [0, 0.1) is 6.92 Å². The predicted molar refractivity (Wildman–Crippen MR) is 72.4 cm³/mol. The summed E-state index contributed by atoms with van der Waals surface area (Å²) < 4.78 is 0. The molecule has 0 unspecified atom stereocenters. The highest BCUT2D eigenvalue weighted by atomic mass is 32.1. The van der Waals surface area contributed by atoms with E-state index in [2.05, 4.69) is 4.98 Å². The van der Waals surface area contributed by atoms with E-state index >= 15 is 0 Å². The minimum atomic E-state index is -0.888. The van der Waals surface area contributed by atoms with E-state index in [0.717, 1.165) is 23.5 Å². The molecule has 2 rings (SSSR count). The van der Waals surface area contributed by atoms with Crippen LogP contribution in [-0.4, -0.2) is 23.1 Å². The second-order valence-electron chi connectivity index (χ2n) is 4.14. The quantitative estimate of drug-likeness (QED) is 0.920. The van der Waals surface area contributed by atoms with Gasteiger partial charge in [-0.25, -0.2) is 9.78 Å². The Hall–Kier alpha value is -1.88. The molecular formula is C13H14N2O2S. The maximum atomic E-state index is 10.9. The zero-order valence-corrected chi connectivity index (χ0v) is 11.1. The number of hydrogen-bond donors (Lipinski definition) is 1. The first-order valence-electron chi connectivity index (χ1n) is 5.50. The van der Waals surface area contributed by atoms with Crippen LogP contribution in [0.1, 0.15) is 21.6 Å². The van der Waals surface area contributed by atoms with Crippen LogP contribution in [0.25, 0.3) is 0 Å². The number of carboxylic acid groups (broad SMARTS) is 1. The highest BCUT2D eigenvalue weighted by Gasteiger charge is 2.09. The largest absolute Gasteiger partial charge is 0.478 e. The molecule has 5 heteroatoms. The molecule has 1 aromatic heterocycles. The Balaban J connectivity index is 2.18. The van der Waals surface area contributed by atoms with E-state index in [1.807, 2.05) is 41.9 Å². The van der Waals surface area contributed by atoms with Gasteiger partial charge in [-0.1, -0.05) is 0 Å². The van der Waals surface area contributed by atoms with Crippen LogP contribution < -0.4 is 4.90 Å². The summed E-state index contributed by atoms with van der Waals surface area (Å²) in [5, 5.41) is 11.0. The number of thiazole rings is 1. The smallest absolute Gasteiger partial charge is 0.335 e. The Kier molecular flexibility index (Phi) is 3.62. The first kappa shape index (κ1) is 12.6. The van der Waals surface area contributed by atoms with Crippen LogP contribution in [-0.2, 0) is 6.54 Å². The van der Waals surface area contributed by atoms with Crippen molar-refractivity contribution in [3.8, 4) is 0 Å². The minimum Gasteiger partial charge on any atom is -0.478 e. The molecule has 0 atom stereocenters. The lowest BCUT2D eigenvalue weighted by Crippen LogP contribution is -2.17. The number of aryl methyl sites for hydroxylation is 1. The van der Waals surface area contributed by atoms with Crippen LogP contribution in [0.5, 0.6) is 0 Å². The van der Waals surface area contributed by atoms with Gasteiger partial charge >= 0.3 is 5.97 Å².